The molecule has 0 saturated heterocycles. The van der Waals surface area contributed by atoms with E-state index in [4.69, 9.17) is 9.47 Å². The number of ether oxygens (including phenoxy) is 2. The molecule has 1 aliphatic rings. The highest BCUT2D eigenvalue weighted by Gasteiger charge is 2.23. The van der Waals surface area contributed by atoms with E-state index in [1.54, 1.807) is 0 Å². The number of fused-ring (bicyclic) bond motifs is 1. The molecule has 0 amide bonds. The van der Waals surface area contributed by atoms with Gasteiger partial charge < -0.3 is 14.6 Å². The van der Waals surface area contributed by atoms with Gasteiger partial charge in [-0.2, -0.15) is 0 Å². The Morgan fingerprint density at radius 2 is 2.21 bits per heavy atom. The van der Waals surface area contributed by atoms with Gasteiger partial charge in [0.2, 0.25) is 0 Å². The van der Waals surface area contributed by atoms with E-state index < -0.39 is 6.10 Å². The first-order valence-electron chi connectivity index (χ1n) is 6.89. The molecule has 1 aliphatic heterocycles. The number of aliphatic hydroxyl groups is 1. The highest BCUT2D eigenvalue weighted by atomic mass is 79.9. The average Bonchev–Trinajstić information content (AvgIpc) is 2.83. The Hall–Kier alpha value is -0.580. The summed E-state index contributed by atoms with van der Waals surface area (Å²) in [6.07, 6.45) is 1.72. The number of halogens is 1. The maximum Gasteiger partial charge on any atom is 0.125 e. The van der Waals surface area contributed by atoms with Gasteiger partial charge in [0, 0.05) is 23.9 Å². The lowest BCUT2D eigenvalue weighted by Crippen LogP contribution is -2.30. The third-order valence-corrected chi connectivity index (χ3v) is 3.92. The van der Waals surface area contributed by atoms with Crippen molar-refractivity contribution in [3.63, 3.8) is 0 Å². The first kappa shape index (κ1) is 14.8. The van der Waals surface area contributed by atoms with Crippen LogP contribution >= 0.6 is 15.9 Å². The number of hydrogen-bond acceptors (Lipinski definition) is 3. The molecule has 2 unspecified atom stereocenters. The smallest absolute Gasteiger partial charge is 0.125 e. The molecule has 0 bridgehead atoms. The van der Waals surface area contributed by atoms with E-state index in [2.05, 4.69) is 22.0 Å². The van der Waals surface area contributed by atoms with Crippen LogP contribution in [0.15, 0.2) is 16.6 Å². The van der Waals surface area contributed by atoms with Crippen LogP contribution in [0.3, 0.4) is 0 Å². The molecule has 0 aliphatic carbocycles. The topological polar surface area (TPSA) is 38.7 Å². The fourth-order valence-corrected chi connectivity index (χ4v) is 3.12. The molecule has 1 aromatic carbocycles. The van der Waals surface area contributed by atoms with E-state index in [0.717, 1.165) is 35.2 Å². The molecule has 0 aromatic heterocycles. The van der Waals surface area contributed by atoms with Crippen LogP contribution in [0.4, 0.5) is 0 Å². The van der Waals surface area contributed by atoms with Crippen LogP contribution in [0.25, 0.3) is 0 Å². The predicted molar refractivity (Wildman–Crippen MR) is 78.8 cm³/mol. The van der Waals surface area contributed by atoms with Crippen molar-refractivity contribution in [2.45, 2.75) is 45.3 Å². The van der Waals surface area contributed by atoms with E-state index in [1.165, 1.54) is 5.56 Å². The maximum absolute atomic E-state index is 10.3. The largest absolute Gasteiger partial charge is 0.493 e. The summed E-state index contributed by atoms with van der Waals surface area (Å²) >= 11 is 3.52. The number of benzene rings is 1. The second kappa shape index (κ2) is 6.73. The number of rotatable bonds is 6. The van der Waals surface area contributed by atoms with Gasteiger partial charge in [-0.15, -0.1) is 0 Å². The number of hydrogen-bond donors (Lipinski definition) is 1. The summed E-state index contributed by atoms with van der Waals surface area (Å²) in [6.45, 7) is 5.35. The molecule has 0 fully saturated rings. The molecule has 0 spiro atoms. The van der Waals surface area contributed by atoms with E-state index in [-0.39, 0.29) is 6.10 Å². The van der Waals surface area contributed by atoms with Gasteiger partial charge >= 0.3 is 0 Å². The quantitative estimate of drug-likeness (QED) is 0.872. The Bertz CT molecular complexity index is 434. The summed E-state index contributed by atoms with van der Waals surface area (Å²) in [4.78, 5) is 0. The molecule has 0 radical (unpaired) electrons. The molecule has 2 atom stereocenters. The molecule has 2 rings (SSSR count). The summed E-state index contributed by atoms with van der Waals surface area (Å²) in [5.74, 6) is 0.952. The van der Waals surface area contributed by atoms with Crippen molar-refractivity contribution >= 4 is 15.9 Å². The highest BCUT2D eigenvalue weighted by molar-refractivity contribution is 9.10. The Kier molecular flexibility index (Phi) is 5.25. The summed E-state index contributed by atoms with van der Waals surface area (Å²) < 4.78 is 12.3. The van der Waals surface area contributed by atoms with Crippen LogP contribution in [0.1, 0.15) is 31.4 Å². The molecule has 19 heavy (non-hydrogen) atoms. The molecule has 4 heteroatoms. The monoisotopic (exact) mass is 328 g/mol. The van der Waals surface area contributed by atoms with Gasteiger partial charge in [-0.3, -0.25) is 0 Å². The Morgan fingerprint density at radius 3 is 2.89 bits per heavy atom. The molecular weight excluding hydrogens is 308 g/mol. The molecule has 3 nitrogen and oxygen atoms in total. The normalized spacial score (nSPS) is 16.8. The van der Waals surface area contributed by atoms with Crippen molar-refractivity contribution in [3.05, 3.63) is 27.7 Å². The van der Waals surface area contributed by atoms with Crippen LogP contribution in [-0.2, 0) is 17.6 Å². The zero-order valence-electron chi connectivity index (χ0n) is 11.5. The van der Waals surface area contributed by atoms with Crippen molar-refractivity contribution in [2.75, 3.05) is 13.2 Å². The minimum Gasteiger partial charge on any atom is -0.493 e. The van der Waals surface area contributed by atoms with Gasteiger partial charge in [0.15, 0.2) is 0 Å². The molecule has 1 N–H and O–H groups in total. The first-order chi connectivity index (χ1) is 9.15. The van der Waals surface area contributed by atoms with Crippen LogP contribution in [0.2, 0.25) is 0 Å². The minimum atomic E-state index is -0.493. The third-order valence-electron chi connectivity index (χ3n) is 3.47. The summed E-state index contributed by atoms with van der Waals surface area (Å²) in [5, 5.41) is 10.3. The van der Waals surface area contributed by atoms with Crippen LogP contribution in [0, 0.1) is 0 Å². The molecule has 0 saturated carbocycles. The average molecular weight is 329 g/mol. The molecule has 106 valence electrons. The second-order valence-corrected chi connectivity index (χ2v) is 5.74. The fourth-order valence-electron chi connectivity index (χ4n) is 2.57. The van der Waals surface area contributed by atoms with Crippen molar-refractivity contribution < 1.29 is 14.6 Å². The lowest BCUT2D eigenvalue weighted by molar-refractivity contribution is -0.0336. The fraction of sp³-hybridized carbons (Fsp3) is 0.600. The standard InChI is InChI=1S/C15H21BrO3/c1-3-14(18-4-2)13(17)9-11-8-12(16)7-10-5-6-19-15(10)11/h7-8,13-14,17H,3-6,9H2,1-2H3. The summed E-state index contributed by atoms with van der Waals surface area (Å²) in [5.41, 5.74) is 2.29. The van der Waals surface area contributed by atoms with Crippen molar-refractivity contribution in [3.8, 4) is 5.75 Å². The van der Waals surface area contributed by atoms with Crippen molar-refractivity contribution in [1.82, 2.24) is 0 Å². The Labute approximate surface area is 123 Å². The molecule has 1 heterocycles. The maximum atomic E-state index is 10.3. The van der Waals surface area contributed by atoms with Gasteiger partial charge in [0.1, 0.15) is 5.75 Å². The Morgan fingerprint density at radius 1 is 1.42 bits per heavy atom. The van der Waals surface area contributed by atoms with E-state index in [1.807, 2.05) is 19.9 Å². The van der Waals surface area contributed by atoms with Crippen LogP contribution in [0.5, 0.6) is 5.75 Å². The SMILES string of the molecule is CCOC(CC)C(O)Cc1cc(Br)cc2c1OCC2. The predicted octanol–water partition coefficient (Wildman–Crippen LogP) is 3.10. The van der Waals surface area contributed by atoms with Crippen molar-refractivity contribution in [1.29, 1.82) is 0 Å². The zero-order chi connectivity index (χ0) is 13.8. The van der Waals surface area contributed by atoms with Gasteiger partial charge in [-0.25, -0.2) is 0 Å². The van der Waals surface area contributed by atoms with Crippen molar-refractivity contribution in [2.24, 2.45) is 0 Å². The minimum absolute atomic E-state index is 0.110. The van der Waals surface area contributed by atoms with E-state index in [9.17, 15) is 5.11 Å². The highest BCUT2D eigenvalue weighted by Crippen LogP contribution is 2.34. The van der Waals surface area contributed by atoms with Gasteiger partial charge in [-0.05, 0) is 36.6 Å². The number of aliphatic hydroxyl groups excluding tert-OH is 1. The third kappa shape index (κ3) is 3.50. The van der Waals surface area contributed by atoms with Gasteiger partial charge in [0.05, 0.1) is 18.8 Å². The van der Waals surface area contributed by atoms with Crippen LogP contribution in [-0.4, -0.2) is 30.5 Å². The van der Waals surface area contributed by atoms with Gasteiger partial charge in [0.25, 0.3) is 0 Å². The lowest BCUT2D eigenvalue weighted by atomic mass is 9.99. The van der Waals surface area contributed by atoms with E-state index in [0.29, 0.717) is 13.0 Å². The van der Waals surface area contributed by atoms with Crippen LogP contribution < -0.4 is 4.74 Å². The zero-order valence-corrected chi connectivity index (χ0v) is 13.1. The van der Waals surface area contributed by atoms with Gasteiger partial charge in [-0.1, -0.05) is 22.9 Å². The first-order valence-corrected chi connectivity index (χ1v) is 7.68. The summed E-state index contributed by atoms with van der Waals surface area (Å²) in [7, 11) is 0. The second-order valence-electron chi connectivity index (χ2n) is 4.83. The van der Waals surface area contributed by atoms with E-state index >= 15 is 0 Å². The Balaban J connectivity index is 2.14. The summed E-state index contributed by atoms with van der Waals surface area (Å²) in [6, 6.07) is 4.13. The molecular formula is C15H21BrO3. The molecule has 1 aromatic rings. The lowest BCUT2D eigenvalue weighted by Gasteiger charge is -2.22.